The molecule has 0 radical (unpaired) electrons. The van der Waals surface area contributed by atoms with Gasteiger partial charge in [0, 0.05) is 18.6 Å². The van der Waals surface area contributed by atoms with Gasteiger partial charge < -0.3 is 0 Å². The number of nitrogens with zero attached hydrogens (tertiary/aromatic N) is 6. The zero-order valence-electron chi connectivity index (χ0n) is 9.36. The Bertz CT molecular complexity index is 609. The number of hydrogen-bond donors (Lipinski definition) is 0. The number of aromatic nitrogens is 6. The van der Waals surface area contributed by atoms with Crippen LogP contribution >= 0.6 is 47.8 Å². The smallest absolute Gasteiger partial charge is 0.267 e. The molecule has 3 rings (SSSR count). The molecule has 6 nitrogen and oxygen atoms in total. The van der Waals surface area contributed by atoms with Gasteiger partial charge in [0.25, 0.3) is 0 Å². The van der Waals surface area contributed by atoms with Crippen LogP contribution in [0.1, 0.15) is 0 Å². The molecule has 0 saturated carbocycles. The van der Waals surface area contributed by atoms with Crippen LogP contribution in [0.25, 0.3) is 0 Å². The lowest BCUT2D eigenvalue weighted by Gasteiger charge is -2.12. The Morgan fingerprint density at radius 2 is 1.00 bits per heavy atom. The van der Waals surface area contributed by atoms with Crippen LogP contribution in [0.4, 0.5) is 0 Å². The quantitative estimate of drug-likeness (QED) is 0.579. The van der Waals surface area contributed by atoms with Crippen molar-refractivity contribution in [3.63, 3.8) is 0 Å². The van der Waals surface area contributed by atoms with Crippen molar-refractivity contribution in [1.29, 1.82) is 0 Å². The second-order valence-electron chi connectivity index (χ2n) is 3.70. The zero-order chi connectivity index (χ0) is 13.4. The lowest BCUT2D eigenvalue weighted by atomic mass is 9.96. The molecule has 0 aliphatic rings. The molecule has 0 saturated heterocycles. The van der Waals surface area contributed by atoms with Crippen LogP contribution in [0, 0.1) is 0 Å². The summed E-state index contributed by atoms with van der Waals surface area (Å²) < 4.78 is 7.58. The predicted octanol–water partition coefficient (Wildman–Crippen LogP) is 2.49. The summed E-state index contributed by atoms with van der Waals surface area (Å²) in [6.07, 6.45) is 5.58. The lowest BCUT2D eigenvalue weighted by molar-refractivity contribution is 0.763. The van der Waals surface area contributed by atoms with Gasteiger partial charge in [0.2, 0.25) is 0 Å². The SMILES string of the molecule is Brc1ccn(B(n2ccc(Br)n2)n2ccc(Br)n2)n1. The second-order valence-corrected chi connectivity index (χ2v) is 6.14. The Balaban J connectivity index is 2.10. The molecule has 0 atom stereocenters. The maximum absolute atomic E-state index is 4.36. The highest BCUT2D eigenvalue weighted by Crippen LogP contribution is 2.11. The third-order valence-electron chi connectivity index (χ3n) is 2.44. The van der Waals surface area contributed by atoms with Gasteiger partial charge in [-0.1, -0.05) is 0 Å². The Morgan fingerprint density at radius 3 is 1.21 bits per heavy atom. The van der Waals surface area contributed by atoms with Gasteiger partial charge in [0.05, 0.1) is 0 Å². The summed E-state index contributed by atoms with van der Waals surface area (Å²) in [5.41, 5.74) is 0. The van der Waals surface area contributed by atoms with Gasteiger partial charge in [-0.2, -0.15) is 15.3 Å². The first-order valence-corrected chi connectivity index (χ1v) is 7.63. The van der Waals surface area contributed by atoms with Gasteiger partial charge in [-0.3, -0.25) is 13.8 Å². The number of hydrogen-bond acceptors (Lipinski definition) is 3. The van der Waals surface area contributed by atoms with Gasteiger partial charge in [-0.15, -0.1) is 0 Å². The molecule has 3 aromatic rings. The van der Waals surface area contributed by atoms with E-state index in [2.05, 4.69) is 63.1 Å². The Hall–Kier alpha value is -0.865. The fraction of sp³-hybridized carbons (Fsp3) is 0. The van der Waals surface area contributed by atoms with Crippen LogP contribution in [0.15, 0.2) is 50.6 Å². The molecule has 0 amide bonds. The van der Waals surface area contributed by atoms with Crippen LogP contribution in [0.5, 0.6) is 0 Å². The van der Waals surface area contributed by atoms with Crippen molar-refractivity contribution in [3.8, 4) is 0 Å². The largest absolute Gasteiger partial charge is 0.568 e. The molecule has 0 aliphatic heterocycles. The van der Waals surface area contributed by atoms with Gasteiger partial charge >= 0.3 is 7.12 Å². The minimum atomic E-state index is -0.302. The highest BCUT2D eigenvalue weighted by Gasteiger charge is 2.27. The maximum Gasteiger partial charge on any atom is 0.568 e. The van der Waals surface area contributed by atoms with Gasteiger partial charge in [0.15, 0.2) is 0 Å². The zero-order valence-corrected chi connectivity index (χ0v) is 14.1. The third kappa shape index (κ3) is 2.70. The van der Waals surface area contributed by atoms with Crippen LogP contribution in [-0.2, 0) is 0 Å². The Morgan fingerprint density at radius 1 is 0.684 bits per heavy atom. The van der Waals surface area contributed by atoms with E-state index >= 15 is 0 Å². The van der Waals surface area contributed by atoms with E-state index in [9.17, 15) is 0 Å². The lowest BCUT2D eigenvalue weighted by Crippen LogP contribution is -2.42. The molecule has 0 aliphatic carbocycles. The standard InChI is InChI=1S/C9H6BBr3N6/c11-7-1-4-17(14-7)10(18-5-2-8(12)15-18)19-6-3-9(13)16-19/h1-6H. The van der Waals surface area contributed by atoms with E-state index in [0.29, 0.717) is 0 Å². The summed E-state index contributed by atoms with van der Waals surface area (Å²) >= 11 is 10.0. The monoisotopic (exact) mass is 446 g/mol. The van der Waals surface area contributed by atoms with E-state index < -0.39 is 0 Å². The minimum absolute atomic E-state index is 0.302. The van der Waals surface area contributed by atoms with Crippen molar-refractivity contribution < 1.29 is 0 Å². The van der Waals surface area contributed by atoms with Crippen molar-refractivity contribution >= 4 is 54.9 Å². The summed E-state index contributed by atoms with van der Waals surface area (Å²) in [5, 5.41) is 13.1. The predicted molar refractivity (Wildman–Crippen MR) is 81.7 cm³/mol. The Labute approximate surface area is 134 Å². The third-order valence-corrected chi connectivity index (χ3v) is 3.71. The summed E-state index contributed by atoms with van der Waals surface area (Å²) in [5.74, 6) is 0. The first-order chi connectivity index (χ1) is 9.13. The Kier molecular flexibility index (Phi) is 3.63. The molecule has 0 N–H and O–H groups in total. The molecule has 3 heterocycles. The summed E-state index contributed by atoms with van der Waals surface area (Å²) in [4.78, 5) is 0. The average molecular weight is 449 g/mol. The minimum Gasteiger partial charge on any atom is -0.267 e. The molecule has 96 valence electrons. The van der Waals surface area contributed by atoms with E-state index in [1.807, 2.05) is 36.8 Å². The summed E-state index contributed by atoms with van der Waals surface area (Å²) in [7, 11) is -0.302. The van der Waals surface area contributed by atoms with Gasteiger partial charge in [0.1, 0.15) is 13.8 Å². The van der Waals surface area contributed by atoms with Crippen LogP contribution in [0.3, 0.4) is 0 Å². The van der Waals surface area contributed by atoms with Crippen LogP contribution in [0.2, 0.25) is 0 Å². The molecular weight excluding hydrogens is 443 g/mol. The summed E-state index contributed by atoms with van der Waals surface area (Å²) in [6.45, 7) is 0. The van der Waals surface area contributed by atoms with Gasteiger partial charge in [-0.25, -0.2) is 0 Å². The van der Waals surface area contributed by atoms with E-state index in [-0.39, 0.29) is 7.12 Å². The van der Waals surface area contributed by atoms with Crippen LogP contribution in [-0.4, -0.2) is 36.2 Å². The van der Waals surface area contributed by atoms with Crippen molar-refractivity contribution in [2.45, 2.75) is 0 Å². The highest BCUT2D eigenvalue weighted by atomic mass is 79.9. The molecule has 0 spiro atoms. The molecule has 3 aromatic heterocycles. The van der Waals surface area contributed by atoms with Crippen LogP contribution < -0.4 is 0 Å². The van der Waals surface area contributed by atoms with E-state index in [4.69, 9.17) is 0 Å². The molecule has 0 fully saturated rings. The normalized spacial score (nSPS) is 10.9. The molecule has 0 unspecified atom stereocenters. The van der Waals surface area contributed by atoms with E-state index in [0.717, 1.165) is 13.8 Å². The fourth-order valence-corrected chi connectivity index (χ4v) is 2.60. The maximum atomic E-state index is 4.36. The topological polar surface area (TPSA) is 53.5 Å². The first kappa shape index (κ1) is 13.1. The van der Waals surface area contributed by atoms with Crippen molar-refractivity contribution in [2.24, 2.45) is 0 Å². The molecule has 0 aromatic carbocycles. The number of rotatable bonds is 3. The molecule has 0 bridgehead atoms. The van der Waals surface area contributed by atoms with E-state index in [1.165, 1.54) is 0 Å². The van der Waals surface area contributed by atoms with E-state index in [1.54, 1.807) is 13.8 Å². The second kappa shape index (κ2) is 5.26. The first-order valence-electron chi connectivity index (χ1n) is 5.25. The summed E-state index contributed by atoms with van der Waals surface area (Å²) in [6, 6.07) is 5.60. The fourth-order valence-electron chi connectivity index (χ4n) is 1.69. The highest BCUT2D eigenvalue weighted by molar-refractivity contribution is 9.11. The molecule has 19 heavy (non-hydrogen) atoms. The van der Waals surface area contributed by atoms with Crippen molar-refractivity contribution in [3.05, 3.63) is 50.6 Å². The molecule has 10 heteroatoms. The van der Waals surface area contributed by atoms with Crippen molar-refractivity contribution in [2.75, 3.05) is 0 Å². The van der Waals surface area contributed by atoms with Crippen molar-refractivity contribution in [1.82, 2.24) is 29.1 Å². The average Bonchev–Trinajstić information content (AvgIpc) is 3.05. The molecular formula is C9H6BBr3N6. The number of halogens is 3. The van der Waals surface area contributed by atoms with Gasteiger partial charge in [-0.05, 0) is 66.0 Å².